The van der Waals surface area contributed by atoms with Crippen LogP contribution in [-0.4, -0.2) is 26.8 Å². The lowest BCUT2D eigenvalue weighted by molar-refractivity contribution is -0.384. The lowest BCUT2D eigenvalue weighted by atomic mass is 10.00. The van der Waals surface area contributed by atoms with Crippen LogP contribution in [0.5, 0.6) is 0 Å². The molecule has 23 heavy (non-hydrogen) atoms. The Bertz CT molecular complexity index is 750. The van der Waals surface area contributed by atoms with Crippen LogP contribution in [0.25, 0.3) is 11.1 Å². The molecule has 2 rings (SSSR count). The summed E-state index contributed by atoms with van der Waals surface area (Å²) < 4.78 is 0. The highest BCUT2D eigenvalue weighted by Crippen LogP contribution is 2.23. The molecular weight excluding hydrogens is 298 g/mol. The van der Waals surface area contributed by atoms with Gasteiger partial charge in [0.2, 0.25) is 0 Å². The molecule has 0 bridgehead atoms. The van der Waals surface area contributed by atoms with Crippen molar-refractivity contribution >= 4 is 17.1 Å². The zero-order valence-electron chi connectivity index (χ0n) is 12.4. The highest BCUT2D eigenvalue weighted by Gasteiger charge is 2.09. The summed E-state index contributed by atoms with van der Waals surface area (Å²) in [5.41, 5.74) is 3.28. The number of hydrogen-bond acceptors (Lipinski definition) is 6. The number of non-ortho nitro benzene ring substituents is 1. The first-order valence-electron chi connectivity index (χ1n) is 6.79. The lowest BCUT2D eigenvalue weighted by Crippen LogP contribution is -2.07. The molecule has 0 unspecified atom stereocenters. The van der Waals surface area contributed by atoms with Crippen molar-refractivity contribution in [1.82, 2.24) is 0 Å². The normalized spacial score (nSPS) is 12.2. The quantitative estimate of drug-likeness (QED) is 0.380. The monoisotopic (exact) mass is 313 g/mol. The Morgan fingerprint density at radius 1 is 1.00 bits per heavy atom. The van der Waals surface area contributed by atoms with Crippen molar-refractivity contribution in [2.45, 2.75) is 13.3 Å². The standard InChI is InChI=1S/C16H15N3O4/c1-11(17-20)10-16(18-21)14-4-2-12(3-5-14)13-6-8-15(9-7-13)19(22)23/h2-9,20-21H,10H2,1H3/b17-11+,18-16-. The molecule has 0 saturated carbocycles. The van der Waals surface area contributed by atoms with Gasteiger partial charge >= 0.3 is 0 Å². The van der Waals surface area contributed by atoms with Crippen molar-refractivity contribution in [3.05, 3.63) is 64.2 Å². The highest BCUT2D eigenvalue weighted by atomic mass is 16.6. The first-order valence-corrected chi connectivity index (χ1v) is 6.79. The highest BCUT2D eigenvalue weighted by molar-refractivity contribution is 6.11. The van der Waals surface area contributed by atoms with E-state index in [1.54, 1.807) is 31.2 Å². The van der Waals surface area contributed by atoms with Crippen LogP contribution in [0.1, 0.15) is 18.9 Å². The van der Waals surface area contributed by atoms with Crippen molar-refractivity contribution in [3.63, 3.8) is 0 Å². The number of nitrogens with zero attached hydrogens (tertiary/aromatic N) is 3. The second-order valence-electron chi connectivity index (χ2n) is 4.94. The minimum atomic E-state index is -0.443. The van der Waals surface area contributed by atoms with Gasteiger partial charge in [-0.25, -0.2) is 0 Å². The smallest absolute Gasteiger partial charge is 0.269 e. The summed E-state index contributed by atoms with van der Waals surface area (Å²) in [6, 6.07) is 13.5. The van der Waals surface area contributed by atoms with Gasteiger partial charge in [-0.15, -0.1) is 0 Å². The minimum Gasteiger partial charge on any atom is -0.411 e. The van der Waals surface area contributed by atoms with Crippen LogP contribution in [0.15, 0.2) is 58.8 Å². The second-order valence-corrected chi connectivity index (χ2v) is 4.94. The van der Waals surface area contributed by atoms with Gasteiger partial charge in [-0.1, -0.05) is 34.6 Å². The third kappa shape index (κ3) is 3.91. The maximum Gasteiger partial charge on any atom is 0.269 e. The summed E-state index contributed by atoms with van der Waals surface area (Å²) in [5.74, 6) is 0. The van der Waals surface area contributed by atoms with Crippen molar-refractivity contribution in [2.75, 3.05) is 0 Å². The number of nitro benzene ring substituents is 1. The Balaban J connectivity index is 2.23. The van der Waals surface area contributed by atoms with Crippen LogP contribution < -0.4 is 0 Å². The summed E-state index contributed by atoms with van der Waals surface area (Å²) in [6.45, 7) is 1.62. The summed E-state index contributed by atoms with van der Waals surface area (Å²) in [5, 5.41) is 34.7. The van der Waals surface area contributed by atoms with Crippen LogP contribution in [0.3, 0.4) is 0 Å². The zero-order chi connectivity index (χ0) is 16.8. The average molecular weight is 313 g/mol. The summed E-state index contributed by atoms with van der Waals surface area (Å²) in [6.07, 6.45) is 0.226. The molecule has 0 radical (unpaired) electrons. The third-order valence-corrected chi connectivity index (χ3v) is 3.34. The Kier molecular flexibility index (Phi) is 5.03. The number of hydrogen-bond donors (Lipinski definition) is 2. The van der Waals surface area contributed by atoms with Gasteiger partial charge in [0.25, 0.3) is 5.69 Å². The zero-order valence-corrected chi connectivity index (χ0v) is 12.4. The molecule has 2 N–H and O–H groups in total. The summed E-state index contributed by atoms with van der Waals surface area (Å²) >= 11 is 0. The summed E-state index contributed by atoms with van der Waals surface area (Å²) in [4.78, 5) is 10.2. The van der Waals surface area contributed by atoms with Crippen LogP contribution in [0.2, 0.25) is 0 Å². The molecule has 0 heterocycles. The molecule has 118 valence electrons. The van der Waals surface area contributed by atoms with Gasteiger partial charge in [0.15, 0.2) is 0 Å². The van der Waals surface area contributed by atoms with Crippen molar-refractivity contribution < 1.29 is 15.3 Å². The predicted molar refractivity (Wildman–Crippen MR) is 86.4 cm³/mol. The van der Waals surface area contributed by atoms with Gasteiger partial charge in [0, 0.05) is 18.6 Å². The molecule has 0 aliphatic carbocycles. The maximum atomic E-state index is 10.7. The average Bonchev–Trinajstić information content (AvgIpc) is 2.59. The molecule has 0 spiro atoms. The predicted octanol–water partition coefficient (Wildman–Crippen LogP) is 3.68. The van der Waals surface area contributed by atoms with Gasteiger partial charge < -0.3 is 10.4 Å². The molecular formula is C16H15N3O4. The Morgan fingerprint density at radius 2 is 1.52 bits per heavy atom. The van der Waals surface area contributed by atoms with Gasteiger partial charge in [0.05, 0.1) is 16.3 Å². The van der Waals surface area contributed by atoms with E-state index in [-0.39, 0.29) is 12.1 Å². The van der Waals surface area contributed by atoms with Gasteiger partial charge in [-0.3, -0.25) is 10.1 Å². The third-order valence-electron chi connectivity index (χ3n) is 3.34. The van der Waals surface area contributed by atoms with Gasteiger partial charge in [-0.05, 0) is 35.7 Å². The Labute approximate surface area is 132 Å². The Morgan fingerprint density at radius 3 is 1.96 bits per heavy atom. The van der Waals surface area contributed by atoms with E-state index >= 15 is 0 Å². The molecule has 0 aliphatic heterocycles. The molecule has 0 aliphatic rings. The van der Waals surface area contributed by atoms with E-state index in [1.807, 2.05) is 12.1 Å². The van der Waals surface area contributed by atoms with E-state index in [0.29, 0.717) is 17.0 Å². The van der Waals surface area contributed by atoms with E-state index < -0.39 is 4.92 Å². The first-order chi connectivity index (χ1) is 11.0. The van der Waals surface area contributed by atoms with E-state index in [1.165, 1.54) is 12.1 Å². The number of benzene rings is 2. The topological polar surface area (TPSA) is 108 Å². The minimum absolute atomic E-state index is 0.0406. The van der Waals surface area contributed by atoms with E-state index in [0.717, 1.165) is 11.1 Å². The molecule has 7 heteroatoms. The van der Waals surface area contributed by atoms with E-state index in [4.69, 9.17) is 10.4 Å². The first kappa shape index (κ1) is 16.2. The molecule has 2 aromatic carbocycles. The van der Waals surface area contributed by atoms with Gasteiger partial charge in [-0.2, -0.15) is 0 Å². The van der Waals surface area contributed by atoms with Crippen molar-refractivity contribution in [2.24, 2.45) is 10.3 Å². The van der Waals surface area contributed by atoms with Crippen LogP contribution in [-0.2, 0) is 0 Å². The molecule has 0 fully saturated rings. The molecule has 2 aromatic rings. The number of rotatable bonds is 5. The van der Waals surface area contributed by atoms with E-state index in [9.17, 15) is 10.1 Å². The van der Waals surface area contributed by atoms with Crippen LogP contribution in [0, 0.1) is 10.1 Å². The molecule has 0 saturated heterocycles. The number of nitro groups is 1. The molecule has 0 amide bonds. The molecule has 0 atom stereocenters. The van der Waals surface area contributed by atoms with Crippen molar-refractivity contribution in [1.29, 1.82) is 0 Å². The van der Waals surface area contributed by atoms with Crippen LogP contribution in [0.4, 0.5) is 5.69 Å². The number of oxime groups is 2. The van der Waals surface area contributed by atoms with Gasteiger partial charge in [0.1, 0.15) is 0 Å². The van der Waals surface area contributed by atoms with E-state index in [2.05, 4.69) is 10.3 Å². The second kappa shape index (κ2) is 7.17. The summed E-state index contributed by atoms with van der Waals surface area (Å²) in [7, 11) is 0. The van der Waals surface area contributed by atoms with Crippen molar-refractivity contribution in [3.8, 4) is 11.1 Å². The SMILES string of the molecule is C/C(C/C(=N/O)c1ccc(-c2ccc([N+](=O)[O-])cc2)cc1)=N\O. The maximum absolute atomic E-state index is 10.7. The van der Waals surface area contributed by atoms with Crippen LogP contribution >= 0.6 is 0 Å². The Hall–Kier alpha value is -3.22. The fourth-order valence-corrected chi connectivity index (χ4v) is 2.10. The fourth-order valence-electron chi connectivity index (χ4n) is 2.10. The largest absolute Gasteiger partial charge is 0.411 e. The fraction of sp³-hybridized carbons (Fsp3) is 0.125. The molecule has 0 aromatic heterocycles. The molecule has 7 nitrogen and oxygen atoms in total. The lowest BCUT2D eigenvalue weighted by Gasteiger charge is -2.06.